The van der Waals surface area contributed by atoms with Crippen molar-refractivity contribution < 1.29 is 9.53 Å². The third kappa shape index (κ3) is 3.48. The Morgan fingerprint density at radius 2 is 2.07 bits per heavy atom. The van der Waals surface area contributed by atoms with Crippen LogP contribution in [0.4, 0.5) is 10.8 Å². The molecule has 0 saturated carbocycles. The maximum Gasteiger partial charge on any atom is 0.252 e. The molecule has 1 N–H and O–H groups in total. The molecule has 1 saturated heterocycles. The van der Waals surface area contributed by atoms with Crippen LogP contribution >= 0.6 is 11.3 Å². The lowest BCUT2D eigenvalue weighted by atomic mass is 10.1. The number of nitrogens with zero attached hydrogens (tertiary/aromatic N) is 6. The summed E-state index contributed by atoms with van der Waals surface area (Å²) in [4.78, 5) is 28.2. The highest BCUT2D eigenvalue weighted by atomic mass is 32.1. The summed E-state index contributed by atoms with van der Waals surface area (Å²) in [5.41, 5.74) is 4.22. The molecule has 1 amide bonds. The Labute approximate surface area is 176 Å². The molecule has 10 heteroatoms. The highest BCUT2D eigenvalue weighted by Crippen LogP contribution is 2.31. The average molecular weight is 424 g/mol. The minimum atomic E-state index is -0.0975. The fourth-order valence-corrected chi connectivity index (χ4v) is 4.71. The van der Waals surface area contributed by atoms with Crippen LogP contribution in [0.2, 0.25) is 0 Å². The first-order valence-corrected chi connectivity index (χ1v) is 10.6. The molecule has 0 spiro atoms. The van der Waals surface area contributed by atoms with E-state index in [-0.39, 0.29) is 12.3 Å². The Morgan fingerprint density at radius 1 is 1.23 bits per heavy atom. The molecule has 1 aliphatic heterocycles. The van der Waals surface area contributed by atoms with Gasteiger partial charge in [0.1, 0.15) is 6.33 Å². The van der Waals surface area contributed by atoms with Gasteiger partial charge in [-0.25, -0.2) is 14.5 Å². The highest BCUT2D eigenvalue weighted by molar-refractivity contribution is 7.22. The number of aromatic nitrogens is 5. The molecule has 154 valence electrons. The number of carbonyl (C=O) groups excluding carboxylic acids is 1. The van der Waals surface area contributed by atoms with Gasteiger partial charge < -0.3 is 15.0 Å². The molecule has 4 heterocycles. The van der Waals surface area contributed by atoms with E-state index < -0.39 is 0 Å². The zero-order valence-corrected chi connectivity index (χ0v) is 17.6. The van der Waals surface area contributed by atoms with Gasteiger partial charge in [0.05, 0.1) is 29.9 Å². The number of benzene rings is 1. The normalized spacial score (nSPS) is 14.5. The smallest absolute Gasteiger partial charge is 0.252 e. The van der Waals surface area contributed by atoms with Crippen molar-refractivity contribution in [3.8, 4) is 0 Å². The SMILES string of the molecule is Cc1nc2ncnn2c(C)c1CC(=O)Nc1ccc2nc(N3CCOCC3)sc2c1. The van der Waals surface area contributed by atoms with E-state index in [0.29, 0.717) is 5.78 Å². The van der Waals surface area contributed by atoms with E-state index in [1.807, 2.05) is 32.0 Å². The van der Waals surface area contributed by atoms with Crippen molar-refractivity contribution in [3.05, 3.63) is 41.5 Å². The first-order chi connectivity index (χ1) is 14.6. The van der Waals surface area contributed by atoms with Gasteiger partial charge in [0.2, 0.25) is 5.91 Å². The van der Waals surface area contributed by atoms with Gasteiger partial charge in [0.25, 0.3) is 5.78 Å². The van der Waals surface area contributed by atoms with E-state index in [0.717, 1.165) is 64.3 Å². The van der Waals surface area contributed by atoms with Crippen molar-refractivity contribution in [2.24, 2.45) is 0 Å². The van der Waals surface area contributed by atoms with Gasteiger partial charge in [-0.15, -0.1) is 0 Å². The number of nitrogens with one attached hydrogen (secondary N) is 1. The summed E-state index contributed by atoms with van der Waals surface area (Å²) in [5, 5.41) is 8.18. The Kier molecular flexibility index (Phi) is 4.80. The summed E-state index contributed by atoms with van der Waals surface area (Å²) in [5.74, 6) is 0.445. The van der Waals surface area contributed by atoms with Crippen LogP contribution in [0.15, 0.2) is 24.5 Å². The van der Waals surface area contributed by atoms with Crippen LogP contribution in [0.1, 0.15) is 17.0 Å². The lowest BCUT2D eigenvalue weighted by Crippen LogP contribution is -2.36. The van der Waals surface area contributed by atoms with Gasteiger partial charge in [-0.3, -0.25) is 4.79 Å². The van der Waals surface area contributed by atoms with Crippen molar-refractivity contribution in [2.75, 3.05) is 36.5 Å². The van der Waals surface area contributed by atoms with Crippen LogP contribution in [-0.4, -0.2) is 56.8 Å². The van der Waals surface area contributed by atoms with Crippen LogP contribution in [0.5, 0.6) is 0 Å². The number of amides is 1. The number of carbonyl (C=O) groups is 1. The van der Waals surface area contributed by atoms with Crippen LogP contribution in [0.3, 0.4) is 0 Å². The van der Waals surface area contributed by atoms with Crippen LogP contribution in [0, 0.1) is 13.8 Å². The maximum absolute atomic E-state index is 12.7. The number of hydrogen-bond acceptors (Lipinski definition) is 8. The van der Waals surface area contributed by atoms with Gasteiger partial charge in [-0.05, 0) is 32.0 Å². The van der Waals surface area contributed by atoms with Gasteiger partial charge in [0.15, 0.2) is 5.13 Å². The Bertz CT molecular complexity index is 1240. The van der Waals surface area contributed by atoms with Crippen molar-refractivity contribution in [1.29, 1.82) is 0 Å². The predicted molar refractivity (Wildman–Crippen MR) is 115 cm³/mol. The van der Waals surface area contributed by atoms with Crippen molar-refractivity contribution in [2.45, 2.75) is 20.3 Å². The highest BCUT2D eigenvalue weighted by Gasteiger charge is 2.17. The van der Waals surface area contributed by atoms with E-state index in [4.69, 9.17) is 9.72 Å². The van der Waals surface area contributed by atoms with Gasteiger partial charge in [-0.1, -0.05) is 11.3 Å². The summed E-state index contributed by atoms with van der Waals surface area (Å²) in [7, 11) is 0. The molecule has 30 heavy (non-hydrogen) atoms. The Morgan fingerprint density at radius 3 is 2.90 bits per heavy atom. The van der Waals surface area contributed by atoms with E-state index in [1.54, 1.807) is 15.9 Å². The second kappa shape index (κ2) is 7.62. The first-order valence-electron chi connectivity index (χ1n) is 9.77. The quantitative estimate of drug-likeness (QED) is 0.538. The van der Waals surface area contributed by atoms with Crippen LogP contribution in [0.25, 0.3) is 16.0 Å². The zero-order valence-electron chi connectivity index (χ0n) is 16.8. The lowest BCUT2D eigenvalue weighted by Gasteiger charge is -2.25. The molecule has 0 aliphatic carbocycles. The average Bonchev–Trinajstić information content (AvgIpc) is 3.38. The fraction of sp³-hybridized carbons (Fsp3) is 0.350. The Balaban J connectivity index is 1.34. The molecule has 3 aromatic heterocycles. The fourth-order valence-electron chi connectivity index (χ4n) is 3.66. The standard InChI is InChI=1S/C20H21N7O2S/c1-12-15(13(2)27-19(23-12)21-11-22-27)10-18(28)24-14-3-4-16-17(9-14)30-20(25-16)26-5-7-29-8-6-26/h3-4,9,11H,5-8,10H2,1-2H3,(H,24,28). The number of aryl methyl sites for hydroxylation is 2. The van der Waals surface area contributed by atoms with Crippen molar-refractivity contribution in [3.63, 3.8) is 0 Å². The molecule has 1 fully saturated rings. The summed E-state index contributed by atoms with van der Waals surface area (Å²) in [6, 6.07) is 5.82. The third-order valence-corrected chi connectivity index (χ3v) is 6.35. The first kappa shape index (κ1) is 18.9. The largest absolute Gasteiger partial charge is 0.378 e. The van der Waals surface area contributed by atoms with Crippen molar-refractivity contribution in [1.82, 2.24) is 24.6 Å². The topological polar surface area (TPSA) is 97.5 Å². The number of fused-ring (bicyclic) bond motifs is 2. The van der Waals surface area contributed by atoms with E-state index in [1.165, 1.54) is 6.33 Å². The molecule has 0 radical (unpaired) electrons. The van der Waals surface area contributed by atoms with Gasteiger partial charge >= 0.3 is 0 Å². The number of rotatable bonds is 4. The molecule has 0 unspecified atom stereocenters. The maximum atomic E-state index is 12.7. The summed E-state index contributed by atoms with van der Waals surface area (Å²) in [6.45, 7) is 6.98. The summed E-state index contributed by atoms with van der Waals surface area (Å²) in [6.07, 6.45) is 1.69. The minimum Gasteiger partial charge on any atom is -0.378 e. The Hall–Kier alpha value is -3.11. The number of thiazole rings is 1. The molecule has 4 aromatic rings. The molecule has 9 nitrogen and oxygen atoms in total. The molecule has 5 rings (SSSR count). The number of anilines is 2. The molecule has 0 bridgehead atoms. The number of ether oxygens (including phenoxy) is 1. The summed E-state index contributed by atoms with van der Waals surface area (Å²) < 4.78 is 8.12. The van der Waals surface area contributed by atoms with Crippen LogP contribution in [-0.2, 0) is 16.0 Å². The van der Waals surface area contributed by atoms with E-state index in [2.05, 4.69) is 25.3 Å². The molecular formula is C20H21N7O2S. The lowest BCUT2D eigenvalue weighted by molar-refractivity contribution is -0.115. The van der Waals surface area contributed by atoms with Gasteiger partial charge in [-0.2, -0.15) is 10.1 Å². The predicted octanol–water partition coefficient (Wildman–Crippen LogP) is 2.37. The van der Waals surface area contributed by atoms with Crippen LogP contribution < -0.4 is 10.2 Å². The molecule has 1 aliphatic rings. The third-order valence-electron chi connectivity index (χ3n) is 5.27. The minimum absolute atomic E-state index is 0.0975. The van der Waals surface area contributed by atoms with Crippen molar-refractivity contribution >= 4 is 44.1 Å². The van der Waals surface area contributed by atoms with E-state index in [9.17, 15) is 4.79 Å². The van der Waals surface area contributed by atoms with Gasteiger partial charge in [0, 0.05) is 35.7 Å². The second-order valence-corrected chi connectivity index (χ2v) is 8.25. The molecular weight excluding hydrogens is 402 g/mol. The monoisotopic (exact) mass is 423 g/mol. The number of morpholine rings is 1. The molecule has 0 atom stereocenters. The summed E-state index contributed by atoms with van der Waals surface area (Å²) >= 11 is 1.64. The second-order valence-electron chi connectivity index (χ2n) is 7.24. The zero-order chi connectivity index (χ0) is 20.7. The number of hydrogen-bond donors (Lipinski definition) is 1. The molecule has 1 aromatic carbocycles. The van der Waals surface area contributed by atoms with E-state index >= 15 is 0 Å².